The molecular weight excluding hydrogens is 409 g/mol. The third-order valence-corrected chi connectivity index (χ3v) is 6.17. The van der Waals surface area contributed by atoms with Crippen LogP contribution in [0, 0.1) is 5.92 Å². The lowest BCUT2D eigenvalue weighted by molar-refractivity contribution is -0.202. The van der Waals surface area contributed by atoms with Crippen molar-refractivity contribution in [1.29, 1.82) is 0 Å². The average molecular weight is 434 g/mol. The number of hydrogen-bond acceptors (Lipinski definition) is 4. The summed E-state index contributed by atoms with van der Waals surface area (Å²) in [6.45, 7) is 2.29. The lowest BCUT2D eigenvalue weighted by Crippen LogP contribution is -2.48. The molecule has 2 aromatic rings. The van der Waals surface area contributed by atoms with Crippen LogP contribution in [0.25, 0.3) is 0 Å². The Morgan fingerprint density at radius 3 is 2.16 bits per heavy atom. The molecule has 31 heavy (non-hydrogen) atoms. The van der Waals surface area contributed by atoms with Crippen molar-refractivity contribution in [3.05, 3.63) is 59.7 Å². The van der Waals surface area contributed by atoms with E-state index in [2.05, 4.69) is 5.32 Å². The monoisotopic (exact) mass is 434 g/mol. The zero-order valence-corrected chi connectivity index (χ0v) is 17.2. The van der Waals surface area contributed by atoms with Gasteiger partial charge in [-0.15, -0.1) is 0 Å². The third-order valence-electron chi connectivity index (χ3n) is 6.17. The number of rotatable bonds is 5. The lowest BCUT2D eigenvalue weighted by Gasteiger charge is -2.40. The summed E-state index contributed by atoms with van der Waals surface area (Å²) in [5.41, 5.74) is 1.44. The number of ether oxygens (including phenoxy) is 2. The third kappa shape index (κ3) is 4.55. The number of hydrogen-bond donors (Lipinski definition) is 1. The highest BCUT2D eigenvalue weighted by Gasteiger charge is 2.40. The van der Waals surface area contributed by atoms with E-state index in [1.54, 1.807) is 7.11 Å². The molecule has 2 aliphatic heterocycles. The van der Waals surface area contributed by atoms with Gasteiger partial charge in [0.2, 0.25) is 5.91 Å². The standard InChI is InChI=1S/C23H25F3N2O3/c1-30-22(14-31-15-22)17-2-6-19(7-3-17)27-21(29)16-10-12-28(13-11-16)20-8-4-18(5-9-20)23(24,25)26/h2-9,16H,10-15H2,1H3,(H,27,29). The van der Waals surface area contributed by atoms with Gasteiger partial charge in [-0.25, -0.2) is 0 Å². The summed E-state index contributed by atoms with van der Waals surface area (Å²) in [6.07, 6.45) is -3.04. The van der Waals surface area contributed by atoms with Gasteiger partial charge in [-0.3, -0.25) is 4.79 Å². The van der Waals surface area contributed by atoms with Crippen LogP contribution < -0.4 is 10.2 Å². The molecule has 0 unspecified atom stereocenters. The van der Waals surface area contributed by atoms with Crippen molar-refractivity contribution in [3.8, 4) is 0 Å². The number of nitrogens with zero attached hydrogens (tertiary/aromatic N) is 1. The minimum atomic E-state index is -4.34. The fourth-order valence-electron chi connectivity index (χ4n) is 4.05. The molecule has 2 aliphatic rings. The van der Waals surface area contributed by atoms with Crippen LogP contribution in [0.2, 0.25) is 0 Å². The number of carbonyl (C=O) groups is 1. The molecule has 0 atom stereocenters. The second kappa shape index (κ2) is 8.51. The second-order valence-electron chi connectivity index (χ2n) is 8.06. The summed E-state index contributed by atoms with van der Waals surface area (Å²) in [6, 6.07) is 12.8. The van der Waals surface area contributed by atoms with E-state index in [0.29, 0.717) is 39.1 Å². The van der Waals surface area contributed by atoms with E-state index in [1.807, 2.05) is 29.2 Å². The number of anilines is 2. The van der Waals surface area contributed by atoms with Gasteiger partial charge in [0.25, 0.3) is 0 Å². The normalized spacial score (nSPS) is 19.0. The quantitative estimate of drug-likeness (QED) is 0.757. The summed E-state index contributed by atoms with van der Waals surface area (Å²) in [4.78, 5) is 14.7. The molecule has 0 radical (unpaired) electrons. The Kier molecular flexibility index (Phi) is 5.94. The van der Waals surface area contributed by atoms with Gasteiger partial charge in [0.15, 0.2) is 0 Å². The van der Waals surface area contributed by atoms with Crippen LogP contribution >= 0.6 is 0 Å². The summed E-state index contributed by atoms with van der Waals surface area (Å²) in [7, 11) is 1.66. The number of alkyl halides is 3. The van der Waals surface area contributed by atoms with Crippen molar-refractivity contribution in [2.75, 3.05) is 43.6 Å². The predicted octanol–water partition coefficient (Wildman–Crippen LogP) is 4.43. The molecule has 2 heterocycles. The Hall–Kier alpha value is -2.58. The maximum absolute atomic E-state index is 12.7. The van der Waals surface area contributed by atoms with Crippen molar-refractivity contribution in [1.82, 2.24) is 0 Å². The summed E-state index contributed by atoms with van der Waals surface area (Å²) in [5.74, 6) is -0.163. The van der Waals surface area contributed by atoms with E-state index >= 15 is 0 Å². The molecule has 0 bridgehead atoms. The lowest BCUT2D eigenvalue weighted by atomic mass is 9.91. The van der Waals surface area contributed by atoms with Gasteiger partial charge in [-0.05, 0) is 54.8 Å². The number of amides is 1. The van der Waals surface area contributed by atoms with Gasteiger partial charge < -0.3 is 19.7 Å². The van der Waals surface area contributed by atoms with Crippen LogP contribution in [0.1, 0.15) is 24.0 Å². The average Bonchev–Trinajstić information content (AvgIpc) is 2.74. The largest absolute Gasteiger partial charge is 0.416 e. The molecule has 5 nitrogen and oxygen atoms in total. The van der Waals surface area contributed by atoms with Crippen LogP contribution in [0.5, 0.6) is 0 Å². The fourth-order valence-corrected chi connectivity index (χ4v) is 4.05. The van der Waals surface area contributed by atoms with Gasteiger partial charge in [-0.1, -0.05) is 12.1 Å². The number of nitrogens with one attached hydrogen (secondary N) is 1. The first-order chi connectivity index (χ1) is 14.8. The van der Waals surface area contributed by atoms with Crippen molar-refractivity contribution >= 4 is 17.3 Å². The maximum Gasteiger partial charge on any atom is 0.416 e. The Labute approximate surface area is 179 Å². The first-order valence-electron chi connectivity index (χ1n) is 10.3. The minimum absolute atomic E-state index is 0.0340. The molecule has 8 heteroatoms. The number of halogens is 3. The fraction of sp³-hybridized carbons (Fsp3) is 0.435. The van der Waals surface area contributed by atoms with Crippen molar-refractivity contribution in [2.45, 2.75) is 24.6 Å². The molecule has 166 valence electrons. The first kappa shape index (κ1) is 21.6. The van der Waals surface area contributed by atoms with E-state index in [-0.39, 0.29) is 11.8 Å². The number of benzene rings is 2. The van der Waals surface area contributed by atoms with Crippen LogP contribution in [-0.2, 0) is 26.0 Å². The Balaban J connectivity index is 1.30. The zero-order chi connectivity index (χ0) is 22.1. The van der Waals surface area contributed by atoms with Crippen molar-refractivity contribution < 1.29 is 27.4 Å². The highest BCUT2D eigenvalue weighted by atomic mass is 19.4. The summed E-state index contributed by atoms with van der Waals surface area (Å²) < 4.78 is 49.0. The Morgan fingerprint density at radius 1 is 1.06 bits per heavy atom. The molecule has 0 spiro atoms. The van der Waals surface area contributed by atoms with E-state index in [9.17, 15) is 18.0 Å². The van der Waals surface area contributed by atoms with Crippen LogP contribution in [0.15, 0.2) is 48.5 Å². The van der Waals surface area contributed by atoms with E-state index in [0.717, 1.165) is 29.1 Å². The molecule has 2 aromatic carbocycles. The van der Waals surface area contributed by atoms with Gasteiger partial charge >= 0.3 is 6.18 Å². The molecule has 2 saturated heterocycles. The Morgan fingerprint density at radius 2 is 1.68 bits per heavy atom. The molecule has 0 saturated carbocycles. The van der Waals surface area contributed by atoms with Crippen LogP contribution in [0.4, 0.5) is 24.5 Å². The second-order valence-corrected chi connectivity index (χ2v) is 8.06. The van der Waals surface area contributed by atoms with E-state index < -0.39 is 17.3 Å². The molecule has 1 N–H and O–H groups in total. The maximum atomic E-state index is 12.7. The van der Waals surface area contributed by atoms with Crippen LogP contribution in [0.3, 0.4) is 0 Å². The highest BCUT2D eigenvalue weighted by molar-refractivity contribution is 5.92. The molecule has 4 rings (SSSR count). The number of piperidine rings is 1. The van der Waals surface area contributed by atoms with Gasteiger partial charge in [0, 0.05) is 37.5 Å². The molecule has 1 amide bonds. The molecule has 0 aliphatic carbocycles. The summed E-state index contributed by atoms with van der Waals surface area (Å²) >= 11 is 0. The van der Waals surface area contributed by atoms with E-state index in [1.165, 1.54) is 12.1 Å². The number of carbonyl (C=O) groups excluding carboxylic acids is 1. The smallest absolute Gasteiger partial charge is 0.375 e. The SMILES string of the molecule is COC1(c2ccc(NC(=O)C3CCN(c4ccc(C(F)(F)F)cc4)CC3)cc2)COC1. The molecule has 2 fully saturated rings. The topological polar surface area (TPSA) is 50.8 Å². The van der Waals surface area contributed by atoms with Gasteiger partial charge in [-0.2, -0.15) is 13.2 Å². The van der Waals surface area contributed by atoms with Gasteiger partial charge in [0.05, 0.1) is 18.8 Å². The summed E-state index contributed by atoms with van der Waals surface area (Å²) in [5, 5.41) is 2.97. The first-order valence-corrected chi connectivity index (χ1v) is 10.3. The Bertz CT molecular complexity index is 896. The van der Waals surface area contributed by atoms with Crippen LogP contribution in [-0.4, -0.2) is 39.3 Å². The van der Waals surface area contributed by atoms with Crippen molar-refractivity contribution in [2.24, 2.45) is 5.92 Å². The minimum Gasteiger partial charge on any atom is -0.375 e. The number of methoxy groups -OCH3 is 1. The van der Waals surface area contributed by atoms with Gasteiger partial charge in [0.1, 0.15) is 5.60 Å². The molecular formula is C23H25F3N2O3. The zero-order valence-electron chi connectivity index (χ0n) is 17.2. The highest BCUT2D eigenvalue weighted by Crippen LogP contribution is 2.34. The predicted molar refractivity (Wildman–Crippen MR) is 111 cm³/mol. The van der Waals surface area contributed by atoms with E-state index in [4.69, 9.17) is 9.47 Å². The molecule has 0 aromatic heterocycles. The van der Waals surface area contributed by atoms with Crippen molar-refractivity contribution in [3.63, 3.8) is 0 Å².